The van der Waals surface area contributed by atoms with Crippen LogP contribution >= 0.6 is 0 Å². The van der Waals surface area contributed by atoms with E-state index >= 15 is 0 Å². The normalized spacial score (nSPS) is 14.7. The molecule has 0 N–H and O–H groups in total. The van der Waals surface area contributed by atoms with Crippen LogP contribution in [-0.2, 0) is 14.8 Å². The van der Waals surface area contributed by atoms with Gasteiger partial charge in [0.25, 0.3) is 0 Å². The van der Waals surface area contributed by atoms with Gasteiger partial charge in [0.2, 0.25) is 10.0 Å². The van der Waals surface area contributed by atoms with Crippen LogP contribution in [0.4, 0.5) is 4.39 Å². The molecule has 0 bridgehead atoms. The van der Waals surface area contributed by atoms with Crippen molar-refractivity contribution in [1.29, 1.82) is 0 Å². The van der Waals surface area contributed by atoms with E-state index in [-0.39, 0.29) is 36.9 Å². The second-order valence-electron chi connectivity index (χ2n) is 6.93. The monoisotopic (exact) mass is 457 g/mol. The number of carbonyl (C=O) groups is 1. The number of hydrogen-bond acceptors (Lipinski definition) is 6. The minimum Gasteiger partial charge on any atom is -0.457 e. The third-order valence-corrected chi connectivity index (χ3v) is 6.67. The van der Waals surface area contributed by atoms with Gasteiger partial charge in [-0.15, -0.1) is 0 Å². The first-order valence-electron chi connectivity index (χ1n) is 9.86. The van der Waals surface area contributed by atoms with E-state index in [4.69, 9.17) is 14.2 Å². The van der Waals surface area contributed by atoms with E-state index < -0.39 is 27.4 Å². The van der Waals surface area contributed by atoms with Crippen LogP contribution in [0.5, 0.6) is 17.2 Å². The Balaban J connectivity index is 1.49. The number of ether oxygens (including phenoxy) is 3. The van der Waals surface area contributed by atoms with Crippen LogP contribution in [0.15, 0.2) is 77.7 Å². The van der Waals surface area contributed by atoms with Crippen LogP contribution in [-0.4, -0.2) is 45.0 Å². The zero-order valence-corrected chi connectivity index (χ0v) is 17.8. The van der Waals surface area contributed by atoms with Crippen LogP contribution in [0, 0.1) is 5.82 Å². The Morgan fingerprint density at radius 3 is 2.19 bits per heavy atom. The summed E-state index contributed by atoms with van der Waals surface area (Å²) in [4.78, 5) is 12.4. The molecule has 0 spiro atoms. The summed E-state index contributed by atoms with van der Waals surface area (Å²) in [5.74, 6) is -0.534. The second kappa shape index (κ2) is 9.47. The molecule has 0 amide bonds. The van der Waals surface area contributed by atoms with Crippen molar-refractivity contribution >= 4 is 16.0 Å². The average Bonchev–Trinajstić information content (AvgIpc) is 2.82. The Bertz CT molecular complexity index is 1190. The van der Waals surface area contributed by atoms with Crippen molar-refractivity contribution in [2.24, 2.45) is 0 Å². The van der Waals surface area contributed by atoms with Gasteiger partial charge in [0.05, 0.1) is 23.7 Å². The van der Waals surface area contributed by atoms with Crippen molar-refractivity contribution in [3.63, 3.8) is 0 Å². The molecule has 166 valence electrons. The molecule has 0 aliphatic carbocycles. The van der Waals surface area contributed by atoms with Gasteiger partial charge in [-0.3, -0.25) is 0 Å². The summed E-state index contributed by atoms with van der Waals surface area (Å²) in [5, 5.41) is 0. The Morgan fingerprint density at radius 2 is 1.50 bits per heavy atom. The van der Waals surface area contributed by atoms with Crippen LogP contribution in [0.2, 0.25) is 0 Å². The van der Waals surface area contributed by atoms with Gasteiger partial charge >= 0.3 is 5.97 Å². The molecule has 9 heteroatoms. The molecule has 1 fully saturated rings. The Morgan fingerprint density at radius 1 is 0.875 bits per heavy atom. The van der Waals surface area contributed by atoms with Crippen molar-refractivity contribution in [3.8, 4) is 17.2 Å². The highest BCUT2D eigenvalue weighted by molar-refractivity contribution is 7.89. The average molecular weight is 457 g/mol. The number of carbonyl (C=O) groups excluding carboxylic acids is 1. The lowest BCUT2D eigenvalue weighted by atomic mass is 10.2. The standard InChI is InChI=1S/C23H20FNO6S/c24-22-11-10-20(32(27,28)25-12-14-29-15-13-25)16-21(22)23(26)31-19-8-6-18(7-9-19)30-17-4-2-1-3-5-17/h1-11,16H,12-15H2. The quantitative estimate of drug-likeness (QED) is 0.413. The smallest absolute Gasteiger partial charge is 0.346 e. The summed E-state index contributed by atoms with van der Waals surface area (Å²) in [5.41, 5.74) is -0.469. The number of para-hydroxylation sites is 1. The molecule has 0 saturated carbocycles. The molecule has 4 rings (SSSR count). The molecule has 3 aromatic rings. The van der Waals surface area contributed by atoms with E-state index in [2.05, 4.69) is 0 Å². The maximum Gasteiger partial charge on any atom is 0.346 e. The highest BCUT2D eigenvalue weighted by atomic mass is 32.2. The van der Waals surface area contributed by atoms with Crippen molar-refractivity contribution < 1.29 is 31.8 Å². The lowest BCUT2D eigenvalue weighted by molar-refractivity contribution is 0.0724. The minimum absolute atomic E-state index is 0.163. The van der Waals surface area contributed by atoms with E-state index in [1.54, 1.807) is 24.3 Å². The number of morpholine rings is 1. The number of esters is 1. The van der Waals surface area contributed by atoms with E-state index in [0.717, 1.165) is 18.2 Å². The number of hydrogen-bond donors (Lipinski definition) is 0. The van der Waals surface area contributed by atoms with Gasteiger partial charge in [-0.2, -0.15) is 4.31 Å². The first kappa shape index (κ1) is 21.9. The molecule has 0 atom stereocenters. The maximum absolute atomic E-state index is 14.3. The number of benzene rings is 3. The third-order valence-electron chi connectivity index (χ3n) is 4.78. The summed E-state index contributed by atoms with van der Waals surface area (Å²) < 4.78 is 57.2. The van der Waals surface area contributed by atoms with Crippen molar-refractivity contribution in [1.82, 2.24) is 4.31 Å². The lowest BCUT2D eigenvalue weighted by Gasteiger charge is -2.26. The summed E-state index contributed by atoms with van der Waals surface area (Å²) >= 11 is 0. The SMILES string of the molecule is O=C(Oc1ccc(Oc2ccccc2)cc1)c1cc(S(=O)(=O)N2CCOCC2)ccc1F. The number of halogens is 1. The molecule has 3 aromatic carbocycles. The molecule has 1 heterocycles. The zero-order chi connectivity index (χ0) is 22.6. The number of sulfonamides is 1. The highest BCUT2D eigenvalue weighted by Crippen LogP contribution is 2.25. The number of rotatable bonds is 6. The van der Waals surface area contributed by atoms with Gasteiger partial charge in [-0.1, -0.05) is 18.2 Å². The van der Waals surface area contributed by atoms with Crippen molar-refractivity contribution in [3.05, 3.63) is 84.2 Å². The first-order chi connectivity index (χ1) is 15.4. The zero-order valence-electron chi connectivity index (χ0n) is 16.9. The topological polar surface area (TPSA) is 82.1 Å². The van der Waals surface area contributed by atoms with Crippen molar-refractivity contribution in [2.75, 3.05) is 26.3 Å². The van der Waals surface area contributed by atoms with E-state index in [1.165, 1.54) is 16.4 Å². The predicted molar refractivity (Wildman–Crippen MR) is 114 cm³/mol. The molecule has 7 nitrogen and oxygen atoms in total. The second-order valence-corrected chi connectivity index (χ2v) is 8.87. The Hall–Kier alpha value is -3.27. The molecule has 1 aliphatic heterocycles. The fourth-order valence-corrected chi connectivity index (χ4v) is 4.55. The van der Waals surface area contributed by atoms with Crippen LogP contribution < -0.4 is 9.47 Å². The summed E-state index contributed by atoms with van der Waals surface area (Å²) in [6.07, 6.45) is 0. The van der Waals surface area contributed by atoms with E-state index in [0.29, 0.717) is 11.5 Å². The molecule has 32 heavy (non-hydrogen) atoms. The van der Waals surface area contributed by atoms with Crippen LogP contribution in [0.1, 0.15) is 10.4 Å². The molecule has 1 aliphatic rings. The van der Waals surface area contributed by atoms with Gasteiger partial charge in [-0.25, -0.2) is 17.6 Å². The largest absolute Gasteiger partial charge is 0.457 e. The molecular weight excluding hydrogens is 437 g/mol. The van der Waals surface area contributed by atoms with Crippen molar-refractivity contribution in [2.45, 2.75) is 4.90 Å². The van der Waals surface area contributed by atoms with Crippen LogP contribution in [0.3, 0.4) is 0 Å². The van der Waals surface area contributed by atoms with E-state index in [9.17, 15) is 17.6 Å². The minimum atomic E-state index is -3.88. The molecular formula is C23H20FNO6S. The first-order valence-corrected chi connectivity index (χ1v) is 11.3. The maximum atomic E-state index is 14.3. The number of nitrogens with zero attached hydrogens (tertiary/aromatic N) is 1. The fourth-order valence-electron chi connectivity index (χ4n) is 3.12. The summed E-state index contributed by atoms with van der Waals surface area (Å²) in [6.45, 7) is 0.937. The summed E-state index contributed by atoms with van der Waals surface area (Å²) in [7, 11) is -3.88. The summed E-state index contributed by atoms with van der Waals surface area (Å²) in [6, 6.07) is 18.4. The molecule has 0 unspecified atom stereocenters. The molecule has 0 radical (unpaired) electrons. The lowest BCUT2D eigenvalue weighted by Crippen LogP contribution is -2.40. The Kier molecular flexibility index (Phi) is 6.50. The fraction of sp³-hybridized carbons (Fsp3) is 0.174. The predicted octanol–water partition coefficient (Wildman–Crippen LogP) is 3.86. The van der Waals surface area contributed by atoms with Gasteiger partial charge < -0.3 is 14.2 Å². The third kappa shape index (κ3) is 4.96. The Labute approximate surface area is 185 Å². The van der Waals surface area contributed by atoms with Gasteiger partial charge in [-0.05, 0) is 54.6 Å². The van der Waals surface area contributed by atoms with Crippen LogP contribution in [0.25, 0.3) is 0 Å². The molecule has 1 saturated heterocycles. The molecule has 0 aromatic heterocycles. The van der Waals surface area contributed by atoms with Gasteiger partial charge in [0.15, 0.2) is 0 Å². The highest BCUT2D eigenvalue weighted by Gasteiger charge is 2.28. The van der Waals surface area contributed by atoms with Gasteiger partial charge in [0, 0.05) is 13.1 Å². The van der Waals surface area contributed by atoms with Gasteiger partial charge in [0.1, 0.15) is 23.1 Å². The van der Waals surface area contributed by atoms with E-state index in [1.807, 2.05) is 18.2 Å².